The van der Waals surface area contributed by atoms with Gasteiger partial charge < -0.3 is 24.9 Å². The Morgan fingerprint density at radius 3 is 2.79 bits per heavy atom. The van der Waals surface area contributed by atoms with Crippen LogP contribution in [-0.4, -0.2) is 52.3 Å². The monoisotopic (exact) mass is 460 g/mol. The van der Waals surface area contributed by atoms with Crippen LogP contribution in [0.3, 0.4) is 0 Å². The molecule has 0 radical (unpaired) electrons. The lowest BCUT2D eigenvalue weighted by Crippen LogP contribution is -2.25. The number of benzene rings is 2. The van der Waals surface area contributed by atoms with Gasteiger partial charge in [-0.2, -0.15) is 0 Å². The van der Waals surface area contributed by atoms with Gasteiger partial charge in [0, 0.05) is 30.5 Å². The molecule has 2 heterocycles. The SMILES string of the molecule is COc1ncccc1-c1ccc(O)c(-c2nc3cc(C(=O)NCCCOC(C)C)ccc3[nH]2)c1. The molecule has 0 aliphatic rings. The number of phenolic OH excluding ortho intramolecular Hbond substituents is 1. The third-order valence-corrected chi connectivity index (χ3v) is 5.33. The fourth-order valence-electron chi connectivity index (χ4n) is 3.64. The molecule has 0 saturated heterocycles. The summed E-state index contributed by atoms with van der Waals surface area (Å²) in [6.07, 6.45) is 2.59. The number of phenols is 1. The van der Waals surface area contributed by atoms with E-state index in [2.05, 4.69) is 20.3 Å². The molecule has 4 rings (SSSR count). The van der Waals surface area contributed by atoms with Crippen LogP contribution in [-0.2, 0) is 4.74 Å². The van der Waals surface area contributed by atoms with Crippen LogP contribution < -0.4 is 10.1 Å². The zero-order valence-corrected chi connectivity index (χ0v) is 19.5. The zero-order valence-electron chi connectivity index (χ0n) is 19.5. The van der Waals surface area contributed by atoms with Crippen LogP contribution in [0.5, 0.6) is 11.6 Å². The molecule has 0 fully saturated rings. The fourth-order valence-corrected chi connectivity index (χ4v) is 3.64. The average Bonchev–Trinajstić information content (AvgIpc) is 3.27. The van der Waals surface area contributed by atoms with Crippen LogP contribution in [0.25, 0.3) is 33.5 Å². The number of hydrogen-bond donors (Lipinski definition) is 3. The normalized spacial score (nSPS) is 11.2. The molecule has 176 valence electrons. The molecule has 0 spiro atoms. The van der Waals surface area contributed by atoms with Crippen LogP contribution in [0.2, 0.25) is 0 Å². The highest BCUT2D eigenvalue weighted by Gasteiger charge is 2.15. The van der Waals surface area contributed by atoms with Crippen LogP contribution in [0.15, 0.2) is 54.7 Å². The number of ether oxygens (including phenoxy) is 2. The first-order valence-electron chi connectivity index (χ1n) is 11.2. The average molecular weight is 461 g/mol. The molecular weight excluding hydrogens is 432 g/mol. The number of aromatic nitrogens is 3. The molecule has 0 aliphatic heterocycles. The van der Waals surface area contributed by atoms with Crippen LogP contribution >= 0.6 is 0 Å². The number of methoxy groups -OCH3 is 1. The van der Waals surface area contributed by atoms with Gasteiger partial charge in [-0.1, -0.05) is 6.07 Å². The third kappa shape index (κ3) is 5.18. The molecular formula is C26H28N4O4. The number of nitrogens with zero attached hydrogens (tertiary/aromatic N) is 2. The summed E-state index contributed by atoms with van der Waals surface area (Å²) in [6.45, 7) is 5.11. The molecule has 0 bridgehead atoms. The van der Waals surface area contributed by atoms with Gasteiger partial charge in [0.1, 0.15) is 11.6 Å². The Bertz CT molecular complexity index is 1300. The molecule has 0 saturated carbocycles. The number of imidazole rings is 1. The van der Waals surface area contributed by atoms with Crippen molar-refractivity contribution in [2.75, 3.05) is 20.3 Å². The van der Waals surface area contributed by atoms with Gasteiger partial charge in [-0.25, -0.2) is 9.97 Å². The van der Waals surface area contributed by atoms with Gasteiger partial charge in [0.05, 0.1) is 29.8 Å². The minimum atomic E-state index is -0.162. The fraction of sp³-hybridized carbons (Fsp3) is 0.269. The summed E-state index contributed by atoms with van der Waals surface area (Å²) in [7, 11) is 1.57. The van der Waals surface area contributed by atoms with Gasteiger partial charge in [0.15, 0.2) is 0 Å². The number of pyridine rings is 1. The number of aromatic amines is 1. The lowest BCUT2D eigenvalue weighted by molar-refractivity contribution is 0.0757. The first-order chi connectivity index (χ1) is 16.5. The highest BCUT2D eigenvalue weighted by molar-refractivity contribution is 5.97. The molecule has 0 atom stereocenters. The second kappa shape index (κ2) is 10.4. The highest BCUT2D eigenvalue weighted by Crippen LogP contribution is 2.35. The summed E-state index contributed by atoms with van der Waals surface area (Å²) in [5.41, 5.74) is 4.10. The van der Waals surface area contributed by atoms with Crippen molar-refractivity contribution in [1.82, 2.24) is 20.3 Å². The standard InChI is InChI=1S/C26H28N4O4/c1-16(2)34-13-5-12-27-25(32)18-7-9-21-22(15-18)30-24(29-21)20-14-17(8-10-23(20)31)19-6-4-11-28-26(19)33-3/h4,6-11,14-16,31H,5,12-13H2,1-3H3,(H,27,32)(H,29,30). The largest absolute Gasteiger partial charge is 0.507 e. The van der Waals surface area contributed by atoms with E-state index < -0.39 is 0 Å². The Hall–Kier alpha value is -3.91. The van der Waals surface area contributed by atoms with E-state index in [0.29, 0.717) is 41.5 Å². The van der Waals surface area contributed by atoms with Crippen LogP contribution in [0.1, 0.15) is 30.6 Å². The van der Waals surface area contributed by atoms with E-state index in [9.17, 15) is 9.90 Å². The molecule has 3 N–H and O–H groups in total. The molecule has 4 aromatic rings. The predicted molar refractivity (Wildman–Crippen MR) is 131 cm³/mol. The van der Waals surface area contributed by atoms with Crippen molar-refractivity contribution >= 4 is 16.9 Å². The second-order valence-electron chi connectivity index (χ2n) is 8.14. The second-order valence-corrected chi connectivity index (χ2v) is 8.14. The quantitative estimate of drug-likeness (QED) is 0.316. The first-order valence-corrected chi connectivity index (χ1v) is 11.2. The Kier molecular flexibility index (Phi) is 7.08. The van der Waals surface area contributed by atoms with E-state index in [0.717, 1.165) is 23.1 Å². The van der Waals surface area contributed by atoms with Gasteiger partial charge in [-0.15, -0.1) is 0 Å². The Labute approximate surface area is 198 Å². The summed E-state index contributed by atoms with van der Waals surface area (Å²) in [4.78, 5) is 24.6. The minimum Gasteiger partial charge on any atom is -0.507 e. The number of nitrogens with one attached hydrogen (secondary N) is 2. The number of carbonyl (C=O) groups is 1. The molecule has 2 aromatic carbocycles. The van der Waals surface area contributed by atoms with Gasteiger partial charge in [0.25, 0.3) is 5.91 Å². The van der Waals surface area contributed by atoms with Gasteiger partial charge in [-0.3, -0.25) is 4.79 Å². The summed E-state index contributed by atoms with van der Waals surface area (Å²) < 4.78 is 10.9. The minimum absolute atomic E-state index is 0.0900. The summed E-state index contributed by atoms with van der Waals surface area (Å²) in [6, 6.07) is 14.3. The van der Waals surface area contributed by atoms with Crippen molar-refractivity contribution in [3.63, 3.8) is 0 Å². The van der Waals surface area contributed by atoms with E-state index in [1.807, 2.05) is 38.1 Å². The first kappa shape index (κ1) is 23.3. The van der Waals surface area contributed by atoms with Crippen molar-refractivity contribution in [3.8, 4) is 34.1 Å². The highest BCUT2D eigenvalue weighted by atomic mass is 16.5. The van der Waals surface area contributed by atoms with Gasteiger partial charge in [0.2, 0.25) is 5.88 Å². The Morgan fingerprint density at radius 2 is 2.00 bits per heavy atom. The van der Waals surface area contributed by atoms with E-state index in [-0.39, 0.29) is 17.8 Å². The smallest absolute Gasteiger partial charge is 0.251 e. The molecule has 8 heteroatoms. The van der Waals surface area contributed by atoms with Crippen LogP contribution in [0, 0.1) is 0 Å². The van der Waals surface area contributed by atoms with Crippen molar-refractivity contribution in [2.45, 2.75) is 26.4 Å². The van der Waals surface area contributed by atoms with Crippen molar-refractivity contribution in [3.05, 3.63) is 60.3 Å². The number of aromatic hydroxyl groups is 1. The Balaban J connectivity index is 1.56. The van der Waals surface area contributed by atoms with Crippen LogP contribution in [0.4, 0.5) is 0 Å². The summed E-state index contributed by atoms with van der Waals surface area (Å²) in [5, 5.41) is 13.4. The molecule has 2 aromatic heterocycles. The lowest BCUT2D eigenvalue weighted by atomic mass is 10.0. The van der Waals surface area contributed by atoms with Crippen molar-refractivity contribution in [2.24, 2.45) is 0 Å². The number of carbonyl (C=O) groups excluding carboxylic acids is 1. The topological polar surface area (TPSA) is 109 Å². The maximum atomic E-state index is 12.5. The maximum Gasteiger partial charge on any atom is 0.251 e. The number of hydrogen-bond acceptors (Lipinski definition) is 6. The van der Waals surface area contributed by atoms with Crippen molar-refractivity contribution < 1.29 is 19.4 Å². The van der Waals surface area contributed by atoms with Gasteiger partial charge >= 0.3 is 0 Å². The number of amides is 1. The van der Waals surface area contributed by atoms with Gasteiger partial charge in [-0.05, 0) is 68.3 Å². The van der Waals surface area contributed by atoms with E-state index in [1.165, 1.54) is 0 Å². The summed E-state index contributed by atoms with van der Waals surface area (Å²) >= 11 is 0. The van der Waals surface area contributed by atoms with Crippen molar-refractivity contribution in [1.29, 1.82) is 0 Å². The molecule has 0 aliphatic carbocycles. The van der Waals surface area contributed by atoms with E-state index in [1.54, 1.807) is 37.6 Å². The molecule has 1 amide bonds. The van der Waals surface area contributed by atoms with E-state index in [4.69, 9.17) is 9.47 Å². The number of rotatable bonds is 9. The Morgan fingerprint density at radius 1 is 1.15 bits per heavy atom. The lowest BCUT2D eigenvalue weighted by Gasteiger charge is -2.09. The number of H-pyrrole nitrogens is 1. The predicted octanol–water partition coefficient (Wildman–Crippen LogP) is 4.55. The number of fused-ring (bicyclic) bond motifs is 1. The summed E-state index contributed by atoms with van der Waals surface area (Å²) in [5.74, 6) is 0.924. The molecule has 8 nitrogen and oxygen atoms in total. The third-order valence-electron chi connectivity index (χ3n) is 5.33. The molecule has 0 unspecified atom stereocenters. The molecule has 34 heavy (non-hydrogen) atoms. The van der Waals surface area contributed by atoms with E-state index >= 15 is 0 Å². The maximum absolute atomic E-state index is 12.5. The zero-order chi connectivity index (χ0) is 24.1.